The van der Waals surface area contributed by atoms with E-state index in [9.17, 15) is 9.59 Å². The molecule has 1 unspecified atom stereocenters. The lowest BCUT2D eigenvalue weighted by molar-refractivity contribution is -0.139. The minimum atomic E-state index is -0.878. The Kier molecular flexibility index (Phi) is 3.55. The fourth-order valence-corrected chi connectivity index (χ4v) is 1.99. The Morgan fingerprint density at radius 3 is 2.24 bits per heavy atom. The van der Waals surface area contributed by atoms with Crippen LogP contribution in [0, 0.1) is 17.3 Å². The predicted octanol–water partition coefficient (Wildman–Crippen LogP) is 2.04. The van der Waals surface area contributed by atoms with Crippen LogP contribution in [-0.4, -0.2) is 22.5 Å². The highest BCUT2D eigenvalue weighted by atomic mass is 16.4. The van der Waals surface area contributed by atoms with Crippen LogP contribution in [0.15, 0.2) is 0 Å². The number of carboxylic acid groups (broad SMARTS) is 1. The first-order chi connectivity index (χ1) is 7.58. The van der Waals surface area contributed by atoms with Crippen LogP contribution in [0.5, 0.6) is 0 Å². The molecule has 0 aliphatic heterocycles. The van der Waals surface area contributed by atoms with Gasteiger partial charge in [0.25, 0.3) is 0 Å². The van der Waals surface area contributed by atoms with Crippen LogP contribution in [0.2, 0.25) is 0 Å². The molecule has 0 radical (unpaired) electrons. The average molecular weight is 241 g/mol. The molecule has 1 rings (SSSR count). The summed E-state index contributed by atoms with van der Waals surface area (Å²) in [6, 6.07) is 0. The Morgan fingerprint density at radius 2 is 1.94 bits per heavy atom. The molecule has 4 nitrogen and oxygen atoms in total. The second-order valence-electron chi connectivity index (χ2n) is 6.38. The van der Waals surface area contributed by atoms with Crippen molar-refractivity contribution in [1.82, 2.24) is 5.32 Å². The Balaban J connectivity index is 2.68. The maximum atomic E-state index is 12.0. The number of aliphatic carboxylic acids is 1. The monoisotopic (exact) mass is 241 g/mol. The van der Waals surface area contributed by atoms with Gasteiger partial charge in [-0.3, -0.25) is 9.59 Å². The molecule has 17 heavy (non-hydrogen) atoms. The Morgan fingerprint density at radius 1 is 1.47 bits per heavy atom. The minimum absolute atomic E-state index is 0.00699. The molecule has 98 valence electrons. The van der Waals surface area contributed by atoms with Crippen molar-refractivity contribution in [3.63, 3.8) is 0 Å². The largest absolute Gasteiger partial charge is 0.481 e. The zero-order chi connectivity index (χ0) is 13.4. The smallest absolute Gasteiger partial charge is 0.305 e. The lowest BCUT2D eigenvalue weighted by Crippen LogP contribution is -2.52. The number of amides is 1. The van der Waals surface area contributed by atoms with E-state index in [1.165, 1.54) is 0 Å². The van der Waals surface area contributed by atoms with E-state index in [1.54, 1.807) is 6.92 Å². The van der Waals surface area contributed by atoms with Crippen molar-refractivity contribution in [2.75, 3.05) is 0 Å². The van der Waals surface area contributed by atoms with Crippen molar-refractivity contribution >= 4 is 11.9 Å². The Hall–Kier alpha value is -1.06. The van der Waals surface area contributed by atoms with E-state index in [2.05, 4.69) is 19.2 Å². The molecular formula is C13H23NO3. The van der Waals surface area contributed by atoms with Crippen LogP contribution in [0.25, 0.3) is 0 Å². The molecule has 1 aliphatic rings. The molecule has 1 saturated carbocycles. The van der Waals surface area contributed by atoms with Gasteiger partial charge in [0, 0.05) is 11.5 Å². The molecule has 2 atom stereocenters. The summed E-state index contributed by atoms with van der Waals surface area (Å²) in [4.78, 5) is 22.9. The van der Waals surface area contributed by atoms with Crippen LogP contribution in [0.1, 0.15) is 47.5 Å². The van der Waals surface area contributed by atoms with Gasteiger partial charge in [-0.05, 0) is 24.7 Å². The molecule has 0 saturated heterocycles. The topological polar surface area (TPSA) is 66.4 Å². The molecule has 2 N–H and O–H groups in total. The number of rotatable bonds is 5. The summed E-state index contributed by atoms with van der Waals surface area (Å²) in [5.41, 5.74) is -0.590. The third kappa shape index (κ3) is 3.20. The normalized spacial score (nSPS) is 25.2. The first kappa shape index (κ1) is 14.0. The number of carbonyl (C=O) groups excluding carboxylic acids is 1. The maximum Gasteiger partial charge on any atom is 0.305 e. The van der Waals surface area contributed by atoms with Crippen LogP contribution in [0.3, 0.4) is 0 Å². The number of carboxylic acids is 1. The molecule has 0 heterocycles. The third-order valence-corrected chi connectivity index (χ3v) is 4.03. The first-order valence-corrected chi connectivity index (χ1v) is 6.12. The summed E-state index contributed by atoms with van der Waals surface area (Å²) in [5.74, 6) is -0.761. The van der Waals surface area contributed by atoms with Crippen molar-refractivity contribution in [2.45, 2.75) is 53.0 Å². The van der Waals surface area contributed by atoms with Gasteiger partial charge in [-0.15, -0.1) is 0 Å². The van der Waals surface area contributed by atoms with E-state index in [0.717, 1.165) is 6.42 Å². The van der Waals surface area contributed by atoms with Gasteiger partial charge in [0.2, 0.25) is 5.91 Å². The van der Waals surface area contributed by atoms with Gasteiger partial charge in [-0.2, -0.15) is 0 Å². The molecule has 4 heteroatoms. The quantitative estimate of drug-likeness (QED) is 0.774. The summed E-state index contributed by atoms with van der Waals surface area (Å²) in [7, 11) is 0. The highest BCUT2D eigenvalue weighted by Crippen LogP contribution is 2.51. The molecule has 0 aromatic rings. The van der Waals surface area contributed by atoms with E-state index in [1.807, 2.05) is 13.8 Å². The molecule has 0 aromatic carbocycles. The van der Waals surface area contributed by atoms with Crippen LogP contribution in [-0.2, 0) is 9.59 Å². The van der Waals surface area contributed by atoms with Gasteiger partial charge in [-0.1, -0.05) is 27.7 Å². The lowest BCUT2D eigenvalue weighted by Gasteiger charge is -2.33. The Labute approximate surface area is 103 Å². The fourth-order valence-electron chi connectivity index (χ4n) is 1.99. The van der Waals surface area contributed by atoms with Crippen molar-refractivity contribution in [2.24, 2.45) is 17.3 Å². The van der Waals surface area contributed by atoms with E-state index in [-0.39, 0.29) is 29.6 Å². The van der Waals surface area contributed by atoms with Crippen molar-refractivity contribution in [3.05, 3.63) is 0 Å². The summed E-state index contributed by atoms with van der Waals surface area (Å²) in [6.45, 7) is 9.78. The highest BCUT2D eigenvalue weighted by molar-refractivity contribution is 5.83. The summed E-state index contributed by atoms with van der Waals surface area (Å²) in [5, 5.41) is 11.8. The lowest BCUT2D eigenvalue weighted by atomic mass is 9.85. The number of hydrogen-bond donors (Lipinski definition) is 2. The van der Waals surface area contributed by atoms with Gasteiger partial charge in [0.15, 0.2) is 0 Å². The van der Waals surface area contributed by atoms with Crippen molar-refractivity contribution in [1.29, 1.82) is 0 Å². The summed E-state index contributed by atoms with van der Waals surface area (Å²) < 4.78 is 0. The first-order valence-electron chi connectivity index (χ1n) is 6.12. The van der Waals surface area contributed by atoms with Crippen LogP contribution >= 0.6 is 0 Å². The average Bonchev–Trinajstić information content (AvgIpc) is 2.73. The molecule has 1 amide bonds. The van der Waals surface area contributed by atoms with E-state index < -0.39 is 11.5 Å². The van der Waals surface area contributed by atoms with E-state index in [0.29, 0.717) is 0 Å². The molecule has 1 fully saturated rings. The molecular weight excluding hydrogens is 218 g/mol. The number of hydrogen-bond acceptors (Lipinski definition) is 2. The summed E-state index contributed by atoms with van der Waals surface area (Å²) >= 11 is 0. The second-order valence-corrected chi connectivity index (χ2v) is 6.38. The third-order valence-electron chi connectivity index (χ3n) is 4.03. The summed E-state index contributed by atoms with van der Waals surface area (Å²) in [6.07, 6.45) is 0.851. The molecule has 1 aliphatic carbocycles. The SMILES string of the molecule is CC(C)C(C)(CC(=O)O)NC(=O)[C@H]1CC1(C)C. The van der Waals surface area contributed by atoms with Gasteiger partial charge in [-0.25, -0.2) is 0 Å². The van der Waals surface area contributed by atoms with E-state index >= 15 is 0 Å². The van der Waals surface area contributed by atoms with Gasteiger partial charge in [0.1, 0.15) is 0 Å². The van der Waals surface area contributed by atoms with E-state index in [4.69, 9.17) is 5.11 Å². The molecule has 0 bridgehead atoms. The fraction of sp³-hybridized carbons (Fsp3) is 0.846. The van der Waals surface area contributed by atoms with Gasteiger partial charge < -0.3 is 10.4 Å². The number of carbonyl (C=O) groups is 2. The molecule has 0 aromatic heterocycles. The van der Waals surface area contributed by atoms with Crippen molar-refractivity contribution in [3.8, 4) is 0 Å². The predicted molar refractivity (Wildman–Crippen MR) is 65.5 cm³/mol. The van der Waals surface area contributed by atoms with Crippen LogP contribution < -0.4 is 5.32 Å². The Bertz CT molecular complexity index is 336. The zero-order valence-electron chi connectivity index (χ0n) is 11.3. The minimum Gasteiger partial charge on any atom is -0.481 e. The number of nitrogens with one attached hydrogen (secondary N) is 1. The zero-order valence-corrected chi connectivity index (χ0v) is 11.3. The van der Waals surface area contributed by atoms with Crippen LogP contribution in [0.4, 0.5) is 0 Å². The van der Waals surface area contributed by atoms with Gasteiger partial charge in [0.05, 0.1) is 6.42 Å². The maximum absolute atomic E-state index is 12.0. The second kappa shape index (κ2) is 4.31. The highest BCUT2D eigenvalue weighted by Gasteiger charge is 2.51. The standard InChI is InChI=1S/C13H23NO3/c1-8(2)13(5,7-10(15)16)14-11(17)9-6-12(9,3)4/h8-9H,6-7H2,1-5H3,(H,14,17)(H,15,16)/t9-,13?/m1/s1. The van der Waals surface area contributed by atoms with Gasteiger partial charge >= 0.3 is 5.97 Å². The molecule has 0 spiro atoms. The van der Waals surface area contributed by atoms with Crippen molar-refractivity contribution < 1.29 is 14.7 Å².